The molecule has 1 aliphatic rings. The third kappa shape index (κ3) is 5.90. The van der Waals surface area contributed by atoms with Crippen LogP contribution in [0.4, 0.5) is 5.69 Å². The first-order chi connectivity index (χ1) is 16.5. The summed E-state index contributed by atoms with van der Waals surface area (Å²) in [6.45, 7) is 1.52. The second-order valence-corrected chi connectivity index (χ2v) is 8.71. The fourth-order valence-corrected chi connectivity index (χ4v) is 4.39. The molecule has 34 heavy (non-hydrogen) atoms. The van der Waals surface area contributed by atoms with Crippen molar-refractivity contribution in [1.82, 2.24) is 0 Å². The first-order valence-corrected chi connectivity index (χ1v) is 11.6. The summed E-state index contributed by atoms with van der Waals surface area (Å²) in [4.78, 5) is 13.8. The molecule has 4 rings (SSSR count). The van der Waals surface area contributed by atoms with Crippen LogP contribution in [-0.2, 0) is 6.54 Å². The molecule has 0 saturated heterocycles. The maximum atomic E-state index is 11.5. The van der Waals surface area contributed by atoms with E-state index < -0.39 is 5.97 Å². The quantitative estimate of drug-likeness (QED) is 0.448. The average molecular weight is 456 g/mol. The Labute approximate surface area is 200 Å². The van der Waals surface area contributed by atoms with Crippen molar-refractivity contribution in [3.63, 3.8) is 0 Å². The number of aromatic carboxylic acids is 1. The number of hydrogen-bond acceptors (Lipinski definition) is 4. The molecule has 0 unspecified atom stereocenters. The summed E-state index contributed by atoms with van der Waals surface area (Å²) in [6, 6.07) is 20.7. The Bertz CT molecular complexity index is 1180. The molecule has 174 valence electrons. The Morgan fingerprint density at radius 1 is 0.971 bits per heavy atom. The molecule has 3 aromatic carbocycles. The van der Waals surface area contributed by atoms with Crippen molar-refractivity contribution in [1.29, 1.82) is 0 Å². The molecular formula is C29H29NO4. The van der Waals surface area contributed by atoms with Crippen LogP contribution in [0.1, 0.15) is 52.7 Å². The maximum absolute atomic E-state index is 11.5. The Morgan fingerprint density at radius 3 is 2.18 bits per heavy atom. The predicted octanol–water partition coefficient (Wildman–Crippen LogP) is 5.70. The molecule has 1 aliphatic carbocycles. The minimum atomic E-state index is -1.13. The lowest BCUT2D eigenvalue weighted by molar-refractivity contribution is 0.0693. The van der Waals surface area contributed by atoms with Crippen LogP contribution >= 0.6 is 0 Å². The fourth-order valence-electron chi connectivity index (χ4n) is 4.39. The SMILES string of the molecule is COc1ccc(C#Cc2ccc(CN(CC3CCCC3)c3ccc(O)c(C(=O)O)c3)cc2)cc1. The monoisotopic (exact) mass is 455 g/mol. The van der Waals surface area contributed by atoms with Crippen molar-refractivity contribution in [2.75, 3.05) is 18.6 Å². The summed E-state index contributed by atoms with van der Waals surface area (Å²) >= 11 is 0. The zero-order valence-corrected chi connectivity index (χ0v) is 19.3. The molecule has 0 bridgehead atoms. The average Bonchev–Trinajstić information content (AvgIpc) is 3.37. The van der Waals surface area contributed by atoms with Gasteiger partial charge in [0.15, 0.2) is 0 Å². The van der Waals surface area contributed by atoms with Crippen LogP contribution < -0.4 is 9.64 Å². The molecular weight excluding hydrogens is 426 g/mol. The van der Waals surface area contributed by atoms with Crippen LogP contribution in [0.2, 0.25) is 0 Å². The summed E-state index contributed by atoms with van der Waals surface area (Å²) in [5.74, 6) is 6.44. The third-order valence-electron chi connectivity index (χ3n) is 6.30. The smallest absolute Gasteiger partial charge is 0.339 e. The molecule has 0 heterocycles. The van der Waals surface area contributed by atoms with Gasteiger partial charge in [-0.2, -0.15) is 0 Å². The first-order valence-electron chi connectivity index (χ1n) is 11.6. The van der Waals surface area contributed by atoms with E-state index in [0.717, 1.165) is 34.7 Å². The van der Waals surface area contributed by atoms with E-state index in [-0.39, 0.29) is 11.3 Å². The number of nitrogens with zero attached hydrogens (tertiary/aromatic N) is 1. The number of hydrogen-bond donors (Lipinski definition) is 2. The van der Waals surface area contributed by atoms with Gasteiger partial charge in [0.1, 0.15) is 17.1 Å². The van der Waals surface area contributed by atoms with Crippen LogP contribution in [0.5, 0.6) is 11.5 Å². The Morgan fingerprint density at radius 2 is 1.59 bits per heavy atom. The molecule has 1 saturated carbocycles. The summed E-state index contributed by atoms with van der Waals surface area (Å²) in [5, 5.41) is 19.4. The number of ether oxygens (including phenoxy) is 1. The Balaban J connectivity index is 1.51. The number of aromatic hydroxyl groups is 1. The van der Waals surface area contributed by atoms with Gasteiger partial charge in [-0.05, 0) is 78.9 Å². The van der Waals surface area contributed by atoms with E-state index in [1.165, 1.54) is 31.7 Å². The van der Waals surface area contributed by atoms with Crippen LogP contribution in [0.25, 0.3) is 0 Å². The molecule has 1 fully saturated rings. The molecule has 0 atom stereocenters. The van der Waals surface area contributed by atoms with Crippen LogP contribution in [-0.4, -0.2) is 29.8 Å². The lowest BCUT2D eigenvalue weighted by Gasteiger charge is -2.28. The molecule has 0 spiro atoms. The van der Waals surface area contributed by atoms with Crippen molar-refractivity contribution >= 4 is 11.7 Å². The van der Waals surface area contributed by atoms with Gasteiger partial charge in [0, 0.05) is 29.9 Å². The van der Waals surface area contributed by atoms with E-state index in [1.54, 1.807) is 19.2 Å². The normalized spacial score (nSPS) is 13.2. The summed E-state index contributed by atoms with van der Waals surface area (Å²) in [7, 11) is 1.64. The molecule has 0 aliphatic heterocycles. The minimum absolute atomic E-state index is 0.0712. The highest BCUT2D eigenvalue weighted by Crippen LogP contribution is 2.30. The van der Waals surface area contributed by atoms with Gasteiger partial charge in [0.05, 0.1) is 7.11 Å². The largest absolute Gasteiger partial charge is 0.507 e. The van der Waals surface area contributed by atoms with Crippen molar-refractivity contribution in [3.05, 3.63) is 89.0 Å². The van der Waals surface area contributed by atoms with E-state index in [9.17, 15) is 15.0 Å². The number of carboxylic acid groups (broad SMARTS) is 1. The van der Waals surface area contributed by atoms with Crippen LogP contribution in [0.3, 0.4) is 0 Å². The van der Waals surface area contributed by atoms with Gasteiger partial charge in [0.25, 0.3) is 0 Å². The highest BCUT2D eigenvalue weighted by atomic mass is 16.5. The topological polar surface area (TPSA) is 70.0 Å². The number of benzene rings is 3. The summed E-state index contributed by atoms with van der Waals surface area (Å²) in [6.07, 6.45) is 4.88. The molecule has 5 nitrogen and oxygen atoms in total. The molecule has 0 aromatic heterocycles. The van der Waals surface area contributed by atoms with Crippen LogP contribution in [0.15, 0.2) is 66.7 Å². The molecule has 0 amide bonds. The Hall–Kier alpha value is -3.91. The highest BCUT2D eigenvalue weighted by molar-refractivity contribution is 5.92. The summed E-state index contributed by atoms with van der Waals surface area (Å²) in [5.41, 5.74) is 3.72. The minimum Gasteiger partial charge on any atom is -0.507 e. The van der Waals surface area contributed by atoms with Gasteiger partial charge in [-0.25, -0.2) is 4.79 Å². The lowest BCUT2D eigenvalue weighted by atomic mass is 10.0. The zero-order valence-electron chi connectivity index (χ0n) is 19.3. The number of methoxy groups -OCH3 is 1. The number of rotatable bonds is 7. The van der Waals surface area contributed by atoms with E-state index in [4.69, 9.17) is 4.74 Å². The number of anilines is 1. The number of carbonyl (C=O) groups is 1. The zero-order chi connectivity index (χ0) is 23.9. The van der Waals surface area contributed by atoms with Crippen molar-refractivity contribution in [3.8, 4) is 23.3 Å². The highest BCUT2D eigenvalue weighted by Gasteiger charge is 2.21. The van der Waals surface area contributed by atoms with Gasteiger partial charge >= 0.3 is 5.97 Å². The van der Waals surface area contributed by atoms with E-state index in [1.807, 2.05) is 36.4 Å². The molecule has 5 heteroatoms. The standard InChI is InChI=1S/C29H29NO4/c1-34-26-15-12-22(13-16-26)7-6-21-8-10-24(11-9-21)20-30(19-23-4-2-3-5-23)25-14-17-28(31)27(18-25)29(32)33/h8-18,23,31H,2-5,19-20H2,1H3,(H,32,33). The van der Waals surface area contributed by atoms with Gasteiger partial charge in [-0.1, -0.05) is 36.8 Å². The maximum Gasteiger partial charge on any atom is 0.339 e. The van der Waals surface area contributed by atoms with E-state index in [2.05, 4.69) is 28.9 Å². The van der Waals surface area contributed by atoms with Gasteiger partial charge in [-0.3, -0.25) is 0 Å². The van der Waals surface area contributed by atoms with Gasteiger partial charge in [-0.15, -0.1) is 0 Å². The van der Waals surface area contributed by atoms with Crippen molar-refractivity contribution < 1.29 is 19.7 Å². The molecule has 3 aromatic rings. The lowest BCUT2D eigenvalue weighted by Crippen LogP contribution is -2.28. The van der Waals surface area contributed by atoms with E-state index >= 15 is 0 Å². The van der Waals surface area contributed by atoms with Crippen LogP contribution in [0, 0.1) is 17.8 Å². The first kappa shape index (κ1) is 23.3. The van der Waals surface area contributed by atoms with Crippen molar-refractivity contribution in [2.45, 2.75) is 32.2 Å². The third-order valence-corrected chi connectivity index (χ3v) is 6.30. The number of phenols is 1. The fraction of sp³-hybridized carbons (Fsp3) is 0.276. The second kappa shape index (κ2) is 10.8. The molecule has 2 N–H and O–H groups in total. The van der Waals surface area contributed by atoms with Gasteiger partial charge in [0.2, 0.25) is 0 Å². The molecule has 0 radical (unpaired) electrons. The van der Waals surface area contributed by atoms with Gasteiger partial charge < -0.3 is 19.8 Å². The second-order valence-electron chi connectivity index (χ2n) is 8.71. The van der Waals surface area contributed by atoms with Crippen molar-refractivity contribution in [2.24, 2.45) is 5.92 Å². The number of carboxylic acids is 1. The summed E-state index contributed by atoms with van der Waals surface area (Å²) < 4.78 is 5.18. The Kier molecular flexibility index (Phi) is 7.39. The predicted molar refractivity (Wildman–Crippen MR) is 133 cm³/mol. The van der Waals surface area contributed by atoms with E-state index in [0.29, 0.717) is 12.5 Å².